The zero-order valence-electron chi connectivity index (χ0n) is 9.91. The molecule has 9 heteroatoms. The molecule has 0 heterocycles. The first-order chi connectivity index (χ1) is 7.93. The first-order valence-corrected chi connectivity index (χ1v) is 5.77. The predicted octanol–water partition coefficient (Wildman–Crippen LogP) is 2.87. The largest absolute Gasteiger partial charge is 0.443 e. The van der Waals surface area contributed by atoms with Gasteiger partial charge in [0.25, 0.3) is 0 Å². The highest BCUT2D eigenvalue weighted by atomic mass is 127. The van der Waals surface area contributed by atoms with Gasteiger partial charge in [-0.3, -0.25) is 5.41 Å². The molecule has 18 heavy (non-hydrogen) atoms. The monoisotopic (exact) mass is 379 g/mol. The Labute approximate surface area is 116 Å². The molecule has 0 radical (unpaired) electrons. The van der Waals surface area contributed by atoms with Crippen molar-refractivity contribution in [3.05, 3.63) is 9.78 Å². The van der Waals surface area contributed by atoms with Gasteiger partial charge in [0.1, 0.15) is 5.60 Å². The molecule has 104 valence electrons. The molecule has 0 fully saturated rings. The van der Waals surface area contributed by atoms with Crippen molar-refractivity contribution in [2.24, 2.45) is 0 Å². The van der Waals surface area contributed by atoms with Gasteiger partial charge < -0.3 is 10.2 Å². The fourth-order valence-electron chi connectivity index (χ4n) is 0.670. The third-order valence-electron chi connectivity index (χ3n) is 1.29. The van der Waals surface area contributed by atoms with E-state index < -0.39 is 27.2 Å². The molecule has 1 amide bonds. The van der Waals surface area contributed by atoms with Crippen LogP contribution in [-0.2, 0) is 4.74 Å². The van der Waals surface area contributed by atoms with Gasteiger partial charge in [0.2, 0.25) is 0 Å². The van der Waals surface area contributed by atoms with Crippen molar-refractivity contribution in [1.82, 2.24) is 10.9 Å². The molecule has 0 saturated carbocycles. The standard InChI is InChI=1S/C9H13F3IN3O2/c1-8(2,3)18-7(17)16-15-4-5(13)6(14)9(10,11)12/h4,14-15H,1-3H3,(H,16,17)/b5-4+,14-6?. The first kappa shape index (κ1) is 17.0. The Morgan fingerprint density at radius 3 is 2.22 bits per heavy atom. The Bertz CT molecular complexity index is 361. The average molecular weight is 379 g/mol. The van der Waals surface area contributed by atoms with E-state index in [4.69, 9.17) is 10.1 Å². The van der Waals surface area contributed by atoms with E-state index >= 15 is 0 Å². The second-order valence-electron chi connectivity index (χ2n) is 4.14. The van der Waals surface area contributed by atoms with Crippen molar-refractivity contribution in [3.63, 3.8) is 0 Å². The number of hydrogen-bond acceptors (Lipinski definition) is 4. The lowest BCUT2D eigenvalue weighted by Gasteiger charge is -2.19. The quantitative estimate of drug-likeness (QED) is 0.401. The topological polar surface area (TPSA) is 74.2 Å². The van der Waals surface area contributed by atoms with Crippen LogP contribution in [0.1, 0.15) is 20.8 Å². The summed E-state index contributed by atoms with van der Waals surface area (Å²) in [7, 11) is 0. The van der Waals surface area contributed by atoms with Crippen LogP contribution >= 0.6 is 22.6 Å². The highest BCUT2D eigenvalue weighted by Gasteiger charge is 2.35. The molecule has 0 aromatic heterocycles. The number of alkyl halides is 3. The average Bonchev–Trinajstić information content (AvgIpc) is 2.11. The number of ether oxygens (including phenoxy) is 1. The fourth-order valence-corrected chi connectivity index (χ4v) is 1.13. The highest BCUT2D eigenvalue weighted by Crippen LogP contribution is 2.23. The van der Waals surface area contributed by atoms with Gasteiger partial charge in [-0.05, 0) is 43.4 Å². The molecule has 0 saturated heterocycles. The zero-order chi connectivity index (χ0) is 14.6. The number of hydrazine groups is 1. The summed E-state index contributed by atoms with van der Waals surface area (Å²) in [4.78, 5) is 11.1. The van der Waals surface area contributed by atoms with Gasteiger partial charge in [0.05, 0.1) is 3.58 Å². The van der Waals surface area contributed by atoms with Gasteiger partial charge in [-0.1, -0.05) is 0 Å². The molecule has 5 nitrogen and oxygen atoms in total. The summed E-state index contributed by atoms with van der Waals surface area (Å²) in [5, 5.41) is 6.79. The Morgan fingerprint density at radius 2 is 1.83 bits per heavy atom. The third-order valence-corrected chi connectivity index (χ3v) is 2.15. The minimum absolute atomic E-state index is 0.392. The van der Waals surface area contributed by atoms with Crippen LogP contribution in [0.2, 0.25) is 0 Å². The van der Waals surface area contributed by atoms with E-state index in [1.165, 1.54) is 22.6 Å². The molecular formula is C9H13F3IN3O2. The van der Waals surface area contributed by atoms with E-state index in [0.717, 1.165) is 6.20 Å². The number of allylic oxidation sites excluding steroid dienone is 1. The summed E-state index contributed by atoms with van der Waals surface area (Å²) < 4.78 is 40.7. The summed E-state index contributed by atoms with van der Waals surface area (Å²) >= 11 is 1.33. The second kappa shape index (κ2) is 6.25. The van der Waals surface area contributed by atoms with Crippen molar-refractivity contribution in [2.45, 2.75) is 32.5 Å². The van der Waals surface area contributed by atoms with Gasteiger partial charge in [-0.15, -0.1) is 0 Å². The summed E-state index contributed by atoms with van der Waals surface area (Å²) in [6.07, 6.45) is -4.71. The molecule has 0 bridgehead atoms. The molecule has 0 aliphatic rings. The lowest BCUT2D eigenvalue weighted by molar-refractivity contribution is -0.0585. The van der Waals surface area contributed by atoms with E-state index in [0.29, 0.717) is 0 Å². The van der Waals surface area contributed by atoms with E-state index in [1.54, 1.807) is 20.8 Å². The zero-order valence-corrected chi connectivity index (χ0v) is 12.1. The van der Waals surface area contributed by atoms with Crippen LogP contribution in [-0.4, -0.2) is 23.6 Å². The molecule has 0 aromatic carbocycles. The lowest BCUT2D eigenvalue weighted by atomic mass is 10.2. The highest BCUT2D eigenvalue weighted by molar-refractivity contribution is 14.1. The first-order valence-electron chi connectivity index (χ1n) is 4.70. The summed E-state index contributed by atoms with van der Waals surface area (Å²) in [5.74, 6) is 0. The molecule has 3 N–H and O–H groups in total. The van der Waals surface area contributed by atoms with Crippen LogP contribution < -0.4 is 10.9 Å². The maximum absolute atomic E-state index is 12.1. The minimum Gasteiger partial charge on any atom is -0.443 e. The Balaban J connectivity index is 4.26. The van der Waals surface area contributed by atoms with Gasteiger partial charge in [-0.2, -0.15) is 13.2 Å². The van der Waals surface area contributed by atoms with Crippen LogP contribution in [0.3, 0.4) is 0 Å². The van der Waals surface area contributed by atoms with Crippen molar-refractivity contribution >= 4 is 34.4 Å². The van der Waals surface area contributed by atoms with Crippen LogP contribution in [0.25, 0.3) is 0 Å². The number of rotatable bonds is 3. The smallest absolute Gasteiger partial charge is 0.433 e. The number of carbonyl (C=O) groups is 1. The normalized spacial score (nSPS) is 12.9. The van der Waals surface area contributed by atoms with Crippen LogP contribution in [0.4, 0.5) is 18.0 Å². The van der Waals surface area contributed by atoms with E-state index in [2.05, 4.69) is 5.43 Å². The Kier molecular flexibility index (Phi) is 5.90. The van der Waals surface area contributed by atoms with Crippen molar-refractivity contribution < 1.29 is 22.7 Å². The lowest BCUT2D eigenvalue weighted by Crippen LogP contribution is -2.39. The maximum atomic E-state index is 12.1. The SMILES string of the molecule is CC(C)(C)OC(=O)NN/C=C(/I)C(=N)C(F)(F)F. The number of amides is 1. The number of halogens is 4. The van der Waals surface area contributed by atoms with Crippen molar-refractivity contribution in [3.8, 4) is 0 Å². The Morgan fingerprint density at radius 1 is 1.33 bits per heavy atom. The molecule has 0 aliphatic carbocycles. The molecule has 0 spiro atoms. The van der Waals surface area contributed by atoms with Crippen molar-refractivity contribution in [1.29, 1.82) is 5.41 Å². The van der Waals surface area contributed by atoms with E-state index in [1.807, 2.05) is 5.43 Å². The molecule has 0 aliphatic heterocycles. The maximum Gasteiger partial charge on any atom is 0.433 e. The molecular weight excluding hydrogens is 366 g/mol. The number of hydrogen-bond donors (Lipinski definition) is 3. The predicted molar refractivity (Wildman–Crippen MR) is 68.4 cm³/mol. The summed E-state index contributed by atoms with van der Waals surface area (Å²) in [6.45, 7) is 4.93. The molecule has 0 atom stereocenters. The number of nitrogens with one attached hydrogen (secondary N) is 3. The van der Waals surface area contributed by atoms with Crippen LogP contribution in [0.5, 0.6) is 0 Å². The number of carbonyl (C=O) groups excluding carboxylic acids is 1. The fraction of sp³-hybridized carbons (Fsp3) is 0.556. The minimum atomic E-state index is -4.72. The summed E-state index contributed by atoms with van der Waals surface area (Å²) in [5.41, 5.74) is 1.94. The second-order valence-corrected chi connectivity index (χ2v) is 5.30. The van der Waals surface area contributed by atoms with Gasteiger partial charge in [-0.25, -0.2) is 10.2 Å². The molecule has 0 aromatic rings. The van der Waals surface area contributed by atoms with Crippen molar-refractivity contribution in [2.75, 3.05) is 0 Å². The van der Waals surface area contributed by atoms with Gasteiger partial charge in [0, 0.05) is 6.20 Å². The van der Waals surface area contributed by atoms with E-state index in [9.17, 15) is 18.0 Å². The van der Waals surface area contributed by atoms with Gasteiger partial charge >= 0.3 is 12.3 Å². The van der Waals surface area contributed by atoms with E-state index in [-0.39, 0.29) is 0 Å². The third kappa shape index (κ3) is 7.35. The summed E-state index contributed by atoms with van der Waals surface area (Å²) in [6, 6.07) is 0. The van der Waals surface area contributed by atoms with Gasteiger partial charge in [0.15, 0.2) is 5.71 Å². The Hall–Kier alpha value is -1.00. The molecule has 0 unspecified atom stereocenters. The van der Waals surface area contributed by atoms with Crippen LogP contribution in [0, 0.1) is 5.41 Å². The van der Waals surface area contributed by atoms with Crippen LogP contribution in [0.15, 0.2) is 9.78 Å². The molecule has 0 rings (SSSR count).